The highest BCUT2D eigenvalue weighted by Gasteiger charge is 2.39. The Hall–Kier alpha value is -6.44. The Labute approximate surface area is 313 Å². The SMILES string of the molecule is CCOc1cc(CC)cc(C(Nc2ccc3c(N)nccc3c2)c2nc(-c3cccc(C(=O)NCCO)c3)c[nH]2)c1F.O=C(O)C(F)(F)F.O=C(O)C(F)(F)F. The minimum absolute atomic E-state index is 0.148. The van der Waals surface area contributed by atoms with Crippen LogP contribution in [-0.4, -0.2) is 80.2 Å². The lowest BCUT2D eigenvalue weighted by Crippen LogP contribution is -2.26. The van der Waals surface area contributed by atoms with Crippen molar-refractivity contribution in [1.82, 2.24) is 20.3 Å². The molecule has 8 N–H and O–H groups in total. The molecule has 20 heteroatoms. The number of aromatic amines is 1. The highest BCUT2D eigenvalue weighted by atomic mass is 19.4. The third kappa shape index (κ3) is 12.0. The van der Waals surface area contributed by atoms with Gasteiger partial charge in [0.2, 0.25) is 0 Å². The molecule has 1 unspecified atom stereocenters. The smallest absolute Gasteiger partial charge is 0.490 e. The number of rotatable bonds is 11. The van der Waals surface area contributed by atoms with E-state index in [0.717, 1.165) is 22.0 Å². The number of nitrogens with one attached hydrogen (secondary N) is 3. The number of aliphatic hydroxyl groups excluding tert-OH is 1. The largest absolute Gasteiger partial charge is 0.491 e. The average Bonchev–Trinajstić information content (AvgIpc) is 3.64. The van der Waals surface area contributed by atoms with Crippen LogP contribution in [0, 0.1) is 5.82 Å². The fourth-order valence-corrected chi connectivity index (χ4v) is 4.83. The van der Waals surface area contributed by atoms with Crippen molar-refractivity contribution < 1.29 is 65.2 Å². The third-order valence-corrected chi connectivity index (χ3v) is 7.43. The van der Waals surface area contributed by atoms with Crippen LogP contribution < -0.4 is 21.1 Å². The van der Waals surface area contributed by atoms with Gasteiger partial charge in [0.15, 0.2) is 11.6 Å². The number of hydrogen-bond acceptors (Lipinski definition) is 9. The summed E-state index contributed by atoms with van der Waals surface area (Å²) in [6.07, 6.45) is -6.10. The Kier molecular flexibility index (Phi) is 15.1. The highest BCUT2D eigenvalue weighted by Crippen LogP contribution is 2.35. The molecule has 2 aromatic heterocycles. The molecule has 0 saturated heterocycles. The minimum Gasteiger partial charge on any atom is -0.491 e. The summed E-state index contributed by atoms with van der Waals surface area (Å²) in [4.78, 5) is 42.5. The molecule has 2 heterocycles. The predicted octanol–water partition coefficient (Wildman–Crippen LogP) is 6.50. The number of hydrogen-bond donors (Lipinski definition) is 7. The first-order chi connectivity index (χ1) is 26.3. The van der Waals surface area contributed by atoms with E-state index in [1.807, 2.05) is 50.2 Å². The molecule has 5 rings (SSSR count). The van der Waals surface area contributed by atoms with Gasteiger partial charge >= 0.3 is 24.3 Å². The normalized spacial score (nSPS) is 11.7. The van der Waals surface area contributed by atoms with Crippen molar-refractivity contribution >= 4 is 40.1 Å². The van der Waals surface area contributed by atoms with Crippen LogP contribution in [0.5, 0.6) is 5.75 Å². The molecule has 0 radical (unpaired) electrons. The van der Waals surface area contributed by atoms with Crippen LogP contribution in [0.25, 0.3) is 22.0 Å². The van der Waals surface area contributed by atoms with Gasteiger partial charge in [-0.3, -0.25) is 4.79 Å². The summed E-state index contributed by atoms with van der Waals surface area (Å²) >= 11 is 0. The number of carboxylic acids is 2. The topological polar surface area (TPSA) is 213 Å². The third-order valence-electron chi connectivity index (χ3n) is 7.43. The first kappa shape index (κ1) is 44.0. The number of H-pyrrole nitrogens is 1. The number of carbonyl (C=O) groups excluding carboxylic acids is 1. The summed E-state index contributed by atoms with van der Waals surface area (Å²) < 4.78 is 85.1. The number of aliphatic carboxylic acids is 2. The number of ether oxygens (including phenoxy) is 1. The molecule has 0 fully saturated rings. The maximum atomic E-state index is 16.0. The fourth-order valence-electron chi connectivity index (χ4n) is 4.83. The number of anilines is 2. The van der Waals surface area contributed by atoms with Crippen molar-refractivity contribution in [1.29, 1.82) is 0 Å². The van der Waals surface area contributed by atoms with E-state index < -0.39 is 36.2 Å². The van der Waals surface area contributed by atoms with Crippen molar-refractivity contribution in [3.63, 3.8) is 0 Å². The Balaban J connectivity index is 0.000000512. The second-order valence-corrected chi connectivity index (χ2v) is 11.3. The number of nitrogen functional groups attached to an aromatic ring is 1. The quantitative estimate of drug-likeness (QED) is 0.0717. The van der Waals surface area contributed by atoms with Crippen molar-refractivity contribution in [2.45, 2.75) is 38.7 Å². The lowest BCUT2D eigenvalue weighted by atomic mass is 9.99. The van der Waals surface area contributed by atoms with Gasteiger partial charge in [-0.15, -0.1) is 0 Å². The number of alkyl halides is 6. The summed E-state index contributed by atoms with van der Waals surface area (Å²) in [5.41, 5.74) is 9.82. The first-order valence-corrected chi connectivity index (χ1v) is 16.3. The summed E-state index contributed by atoms with van der Waals surface area (Å²) in [6, 6.07) is 17.4. The predicted molar refractivity (Wildman–Crippen MR) is 189 cm³/mol. The number of fused-ring (bicyclic) bond motifs is 1. The number of benzene rings is 3. The molecule has 13 nitrogen and oxygen atoms in total. The summed E-state index contributed by atoms with van der Waals surface area (Å²) in [7, 11) is 0. The van der Waals surface area contributed by atoms with Crippen molar-refractivity contribution in [3.05, 3.63) is 101 Å². The fraction of sp³-hybridized carbons (Fsp3) is 0.250. The van der Waals surface area contributed by atoms with E-state index in [-0.39, 0.29) is 24.8 Å². The number of amides is 1. The Morgan fingerprint density at radius 1 is 0.946 bits per heavy atom. The van der Waals surface area contributed by atoms with Crippen molar-refractivity contribution in [3.8, 4) is 17.0 Å². The molecular formula is C36H35F7N6O7. The van der Waals surface area contributed by atoms with Crippen LogP contribution >= 0.6 is 0 Å². The Morgan fingerprint density at radius 3 is 2.20 bits per heavy atom. The van der Waals surface area contributed by atoms with Gasteiger partial charge in [-0.25, -0.2) is 23.9 Å². The second-order valence-electron chi connectivity index (χ2n) is 11.3. The van der Waals surface area contributed by atoms with E-state index >= 15 is 4.39 Å². The average molecular weight is 797 g/mol. The Morgan fingerprint density at radius 2 is 1.61 bits per heavy atom. The summed E-state index contributed by atoms with van der Waals surface area (Å²) in [5, 5.41) is 31.1. The van der Waals surface area contributed by atoms with Gasteiger partial charge in [-0.2, -0.15) is 26.3 Å². The summed E-state index contributed by atoms with van der Waals surface area (Å²) in [5.74, 6) is -5.19. The molecule has 0 aliphatic rings. The van der Waals surface area contributed by atoms with E-state index in [0.29, 0.717) is 47.1 Å². The molecule has 1 atom stereocenters. The molecule has 0 aliphatic heterocycles. The highest BCUT2D eigenvalue weighted by molar-refractivity contribution is 5.95. The van der Waals surface area contributed by atoms with E-state index in [9.17, 15) is 31.1 Å². The van der Waals surface area contributed by atoms with Crippen LogP contribution in [-0.2, 0) is 16.0 Å². The molecule has 300 valence electrons. The van der Waals surface area contributed by atoms with Gasteiger partial charge in [0, 0.05) is 46.7 Å². The molecule has 0 saturated carbocycles. The van der Waals surface area contributed by atoms with E-state index in [1.54, 1.807) is 36.7 Å². The maximum Gasteiger partial charge on any atom is 0.490 e. The number of pyridine rings is 1. The zero-order chi connectivity index (χ0) is 41.8. The molecule has 5 aromatic rings. The number of nitrogens with zero attached hydrogens (tertiary/aromatic N) is 2. The van der Waals surface area contributed by atoms with Crippen molar-refractivity contribution in [2.24, 2.45) is 0 Å². The molecule has 0 bridgehead atoms. The molecule has 0 spiro atoms. The first-order valence-electron chi connectivity index (χ1n) is 16.3. The number of carboxylic acid groups (broad SMARTS) is 2. The van der Waals surface area contributed by atoms with Gasteiger partial charge < -0.3 is 41.4 Å². The van der Waals surface area contributed by atoms with Crippen LogP contribution in [0.2, 0.25) is 0 Å². The van der Waals surface area contributed by atoms with E-state index in [4.69, 9.17) is 40.4 Å². The molecule has 1 amide bonds. The van der Waals surface area contributed by atoms with E-state index in [2.05, 4.69) is 20.6 Å². The minimum atomic E-state index is -5.08. The van der Waals surface area contributed by atoms with E-state index in [1.165, 1.54) is 0 Å². The zero-order valence-electron chi connectivity index (χ0n) is 29.4. The monoisotopic (exact) mass is 796 g/mol. The number of carbonyl (C=O) groups is 3. The molecular weight excluding hydrogens is 761 g/mol. The maximum absolute atomic E-state index is 16.0. The molecule has 0 aliphatic carbocycles. The summed E-state index contributed by atoms with van der Waals surface area (Å²) in [6.45, 7) is 4.17. The van der Waals surface area contributed by atoms with Crippen LogP contribution in [0.4, 0.5) is 42.2 Å². The van der Waals surface area contributed by atoms with Crippen molar-refractivity contribution in [2.75, 3.05) is 30.8 Å². The van der Waals surface area contributed by atoms with Gasteiger partial charge in [0.25, 0.3) is 5.91 Å². The number of aromatic nitrogens is 3. The van der Waals surface area contributed by atoms with Crippen LogP contribution in [0.15, 0.2) is 73.1 Å². The van der Waals surface area contributed by atoms with Gasteiger partial charge in [-0.1, -0.05) is 25.1 Å². The van der Waals surface area contributed by atoms with Crippen LogP contribution in [0.3, 0.4) is 0 Å². The Bertz CT molecular complexity index is 2120. The lowest BCUT2D eigenvalue weighted by molar-refractivity contribution is -0.193. The number of aliphatic hydroxyl groups is 1. The number of nitrogens with two attached hydrogens (primary N) is 1. The molecule has 3 aromatic carbocycles. The lowest BCUT2D eigenvalue weighted by Gasteiger charge is -2.22. The number of imidazole rings is 1. The van der Waals surface area contributed by atoms with Gasteiger partial charge in [-0.05, 0) is 66.8 Å². The standard InChI is InChI=1S/C32H33FN6O3.2C2HF3O2/c1-3-19-14-25(28(33)27(15-19)42-4-2)29(38-23-8-9-24-20(17-23)10-11-35-30(24)34)31-37-18-26(39-31)21-6-5-7-22(16-21)32(41)36-12-13-40;2*3-2(4,5)1(6)7/h5-11,14-18,29,38,40H,3-4,12-13H2,1-2H3,(H2,34,35)(H,36,41)(H,37,39);2*(H,6,7). The number of aryl methyl sites for hydroxylation is 1. The van der Waals surface area contributed by atoms with Gasteiger partial charge in [0.1, 0.15) is 17.7 Å². The van der Waals surface area contributed by atoms with Crippen LogP contribution in [0.1, 0.15) is 47.2 Å². The molecule has 56 heavy (non-hydrogen) atoms. The second kappa shape index (κ2) is 19.2. The zero-order valence-corrected chi connectivity index (χ0v) is 29.4. The van der Waals surface area contributed by atoms with Gasteiger partial charge in [0.05, 0.1) is 18.9 Å². The number of halogens is 7.